The van der Waals surface area contributed by atoms with Crippen molar-refractivity contribution in [2.75, 3.05) is 32.6 Å². The third kappa shape index (κ3) is 6.96. The van der Waals surface area contributed by atoms with Gasteiger partial charge < -0.3 is 14.8 Å². The van der Waals surface area contributed by atoms with Crippen LogP contribution in [-0.2, 0) is 29.1 Å². The molecule has 1 aromatic carbocycles. The van der Waals surface area contributed by atoms with E-state index in [2.05, 4.69) is 5.32 Å². The van der Waals surface area contributed by atoms with E-state index in [1.807, 2.05) is 4.72 Å². The van der Waals surface area contributed by atoms with Crippen molar-refractivity contribution in [3.63, 3.8) is 0 Å². The second-order valence-corrected chi connectivity index (χ2v) is 8.63. The van der Waals surface area contributed by atoms with Gasteiger partial charge in [0.05, 0.1) is 20.8 Å². The summed E-state index contributed by atoms with van der Waals surface area (Å²) in [6, 6.07) is 3.43. The van der Waals surface area contributed by atoms with E-state index in [0.717, 1.165) is 30.7 Å². The van der Waals surface area contributed by atoms with Gasteiger partial charge in [0, 0.05) is 19.2 Å². The van der Waals surface area contributed by atoms with Crippen LogP contribution in [0.1, 0.15) is 12.8 Å². The highest BCUT2D eigenvalue weighted by Crippen LogP contribution is 2.29. The lowest BCUT2D eigenvalue weighted by Gasteiger charge is -2.11. The number of sulfonamides is 1. The zero-order valence-corrected chi connectivity index (χ0v) is 17.2. The molecule has 1 aliphatic heterocycles. The monoisotopic (exact) mass is 447 g/mol. The second-order valence-electron chi connectivity index (χ2n) is 6.02. The number of rotatable bonds is 10. The first-order valence-electron chi connectivity index (χ1n) is 8.59. The van der Waals surface area contributed by atoms with Crippen molar-refractivity contribution >= 4 is 39.3 Å². The molecule has 1 aromatic rings. The van der Waals surface area contributed by atoms with Crippen molar-refractivity contribution in [3.05, 3.63) is 28.3 Å². The Morgan fingerprint density at radius 3 is 2.79 bits per heavy atom. The number of nitro benzene ring substituents is 1. The number of hydrogen-bond donors (Lipinski definition) is 2. The average molecular weight is 447 g/mol. The molecule has 13 heteroatoms. The molecule has 0 spiro atoms. The van der Waals surface area contributed by atoms with E-state index in [0.29, 0.717) is 18.0 Å². The standard InChI is InChI=1S/C16H21N3O8S2/c1-28-14-5-4-12(7-13(14)19(22)23)29(24,25)18-9-16(21)27-10-15(20)17-8-11-3-2-6-26-11/h4-5,7,11,18H,2-3,6,8-10H2,1H3,(H,17,20)/t11-/m0/s1. The van der Waals surface area contributed by atoms with E-state index in [1.165, 1.54) is 12.1 Å². The van der Waals surface area contributed by atoms with Crippen LogP contribution in [0.4, 0.5) is 5.69 Å². The molecular formula is C16H21N3O8S2. The van der Waals surface area contributed by atoms with Crippen molar-refractivity contribution < 1.29 is 32.4 Å². The van der Waals surface area contributed by atoms with Crippen LogP contribution in [0.5, 0.6) is 0 Å². The quantitative estimate of drug-likeness (QED) is 0.225. The van der Waals surface area contributed by atoms with Crippen molar-refractivity contribution in [3.8, 4) is 0 Å². The first-order valence-corrected chi connectivity index (χ1v) is 11.3. The number of esters is 1. The highest BCUT2D eigenvalue weighted by molar-refractivity contribution is 7.98. The summed E-state index contributed by atoms with van der Waals surface area (Å²) in [5, 5.41) is 13.6. The van der Waals surface area contributed by atoms with E-state index in [9.17, 15) is 28.1 Å². The molecule has 1 fully saturated rings. The number of benzene rings is 1. The minimum Gasteiger partial charge on any atom is -0.455 e. The summed E-state index contributed by atoms with van der Waals surface area (Å²) >= 11 is 1.11. The fourth-order valence-corrected chi connectivity index (χ4v) is 4.03. The molecule has 0 aromatic heterocycles. The maximum atomic E-state index is 12.3. The highest BCUT2D eigenvalue weighted by Gasteiger charge is 2.22. The van der Waals surface area contributed by atoms with Crippen molar-refractivity contribution in [2.24, 2.45) is 0 Å². The number of thioether (sulfide) groups is 1. The molecule has 0 saturated carbocycles. The fourth-order valence-electron chi connectivity index (χ4n) is 2.50. The van der Waals surface area contributed by atoms with Crippen LogP contribution in [0.15, 0.2) is 28.0 Å². The number of carbonyl (C=O) groups is 2. The Labute approximate surface area is 171 Å². The Balaban J connectivity index is 1.83. The third-order valence-corrected chi connectivity index (χ3v) is 6.16. The number of carbonyl (C=O) groups excluding carboxylic acids is 2. The minimum atomic E-state index is -4.18. The Kier molecular flexibility index (Phi) is 8.37. The zero-order valence-electron chi connectivity index (χ0n) is 15.6. The Hall–Kier alpha value is -2.22. The molecule has 2 rings (SSSR count). The topological polar surface area (TPSA) is 154 Å². The molecule has 1 aliphatic rings. The molecular weight excluding hydrogens is 426 g/mol. The van der Waals surface area contributed by atoms with Gasteiger partial charge in [-0.1, -0.05) is 0 Å². The first-order chi connectivity index (χ1) is 13.7. The summed E-state index contributed by atoms with van der Waals surface area (Å²) < 4.78 is 36.6. The average Bonchev–Trinajstić information content (AvgIpc) is 3.22. The predicted octanol–water partition coefficient (Wildman–Crippen LogP) is 0.433. The second kappa shape index (κ2) is 10.5. The van der Waals surface area contributed by atoms with Crippen LogP contribution < -0.4 is 10.0 Å². The van der Waals surface area contributed by atoms with E-state index >= 15 is 0 Å². The minimum absolute atomic E-state index is 0.0528. The SMILES string of the molecule is CSc1ccc(S(=O)(=O)NCC(=O)OCC(=O)NC[C@@H]2CCCO2)cc1[N+](=O)[O-]. The number of hydrogen-bond acceptors (Lipinski definition) is 9. The van der Waals surface area contributed by atoms with Gasteiger partial charge in [0.2, 0.25) is 10.0 Å². The normalized spacial score (nSPS) is 16.4. The summed E-state index contributed by atoms with van der Waals surface area (Å²) in [5.74, 6) is -1.49. The van der Waals surface area contributed by atoms with Crippen LogP contribution in [0.25, 0.3) is 0 Å². The van der Waals surface area contributed by atoms with E-state index in [-0.39, 0.29) is 16.7 Å². The summed E-state index contributed by atoms with van der Waals surface area (Å²) in [6.07, 6.45) is 3.35. The Bertz CT molecular complexity index is 869. The number of ether oxygens (including phenoxy) is 2. The molecule has 1 atom stereocenters. The molecule has 0 unspecified atom stereocenters. The van der Waals surface area contributed by atoms with Crippen LogP contribution in [0.3, 0.4) is 0 Å². The lowest BCUT2D eigenvalue weighted by molar-refractivity contribution is -0.388. The largest absolute Gasteiger partial charge is 0.455 e. The summed E-state index contributed by atoms with van der Waals surface area (Å²) in [6.45, 7) is -0.312. The third-order valence-electron chi connectivity index (χ3n) is 3.98. The van der Waals surface area contributed by atoms with Gasteiger partial charge in [-0.25, -0.2) is 8.42 Å². The smallest absolute Gasteiger partial charge is 0.321 e. The molecule has 1 saturated heterocycles. The molecule has 29 heavy (non-hydrogen) atoms. The lowest BCUT2D eigenvalue weighted by Crippen LogP contribution is -2.36. The molecule has 1 amide bonds. The van der Waals surface area contributed by atoms with E-state index in [4.69, 9.17) is 9.47 Å². The van der Waals surface area contributed by atoms with Crippen molar-refractivity contribution in [1.29, 1.82) is 0 Å². The van der Waals surface area contributed by atoms with Gasteiger partial charge in [0.1, 0.15) is 6.54 Å². The lowest BCUT2D eigenvalue weighted by atomic mass is 10.2. The molecule has 160 valence electrons. The molecule has 0 radical (unpaired) electrons. The van der Waals surface area contributed by atoms with Gasteiger partial charge in [-0.15, -0.1) is 11.8 Å². The van der Waals surface area contributed by atoms with Crippen LogP contribution in [-0.4, -0.2) is 63.9 Å². The van der Waals surface area contributed by atoms with Crippen LogP contribution in [0.2, 0.25) is 0 Å². The summed E-state index contributed by atoms with van der Waals surface area (Å²) in [5.41, 5.74) is -0.356. The Morgan fingerprint density at radius 1 is 1.41 bits per heavy atom. The first kappa shape index (κ1) is 23.1. The Morgan fingerprint density at radius 2 is 2.17 bits per heavy atom. The highest BCUT2D eigenvalue weighted by atomic mass is 32.2. The van der Waals surface area contributed by atoms with Gasteiger partial charge in [0.15, 0.2) is 6.61 Å². The van der Waals surface area contributed by atoms with Gasteiger partial charge >= 0.3 is 5.97 Å². The maximum Gasteiger partial charge on any atom is 0.321 e. The zero-order chi connectivity index (χ0) is 21.4. The van der Waals surface area contributed by atoms with E-state index in [1.54, 1.807) is 6.26 Å². The number of nitrogens with one attached hydrogen (secondary N) is 2. The number of nitro groups is 1. The summed E-state index contributed by atoms with van der Waals surface area (Å²) in [4.78, 5) is 33.7. The van der Waals surface area contributed by atoms with E-state index < -0.39 is 40.0 Å². The van der Waals surface area contributed by atoms with Gasteiger partial charge in [-0.3, -0.25) is 19.7 Å². The van der Waals surface area contributed by atoms with Gasteiger partial charge in [-0.2, -0.15) is 4.72 Å². The molecule has 1 heterocycles. The molecule has 0 aliphatic carbocycles. The maximum absolute atomic E-state index is 12.3. The molecule has 11 nitrogen and oxygen atoms in total. The summed E-state index contributed by atoms with van der Waals surface area (Å²) in [7, 11) is -4.18. The van der Waals surface area contributed by atoms with Crippen LogP contribution >= 0.6 is 11.8 Å². The molecule has 2 N–H and O–H groups in total. The number of nitrogens with zero attached hydrogens (tertiary/aromatic N) is 1. The fraction of sp³-hybridized carbons (Fsp3) is 0.500. The molecule has 0 bridgehead atoms. The predicted molar refractivity (Wildman–Crippen MR) is 103 cm³/mol. The van der Waals surface area contributed by atoms with Crippen LogP contribution in [0, 0.1) is 10.1 Å². The van der Waals surface area contributed by atoms with Gasteiger partial charge in [0.25, 0.3) is 11.6 Å². The van der Waals surface area contributed by atoms with Gasteiger partial charge in [-0.05, 0) is 31.2 Å². The van der Waals surface area contributed by atoms with Crippen molar-refractivity contribution in [2.45, 2.75) is 28.7 Å². The van der Waals surface area contributed by atoms with Crippen molar-refractivity contribution in [1.82, 2.24) is 10.0 Å². The number of amides is 1.